The van der Waals surface area contributed by atoms with E-state index in [2.05, 4.69) is 33.4 Å². The van der Waals surface area contributed by atoms with Gasteiger partial charge in [-0.1, -0.05) is 18.2 Å². The van der Waals surface area contributed by atoms with Gasteiger partial charge in [0, 0.05) is 34.2 Å². The molecule has 136 valence electrons. The lowest BCUT2D eigenvalue weighted by molar-refractivity contribution is -0.127. The maximum atomic E-state index is 11.7. The predicted octanol–water partition coefficient (Wildman–Crippen LogP) is 1.84. The van der Waals surface area contributed by atoms with Gasteiger partial charge in [-0.3, -0.25) is 9.79 Å². The third-order valence-corrected chi connectivity index (χ3v) is 4.15. The van der Waals surface area contributed by atoms with E-state index < -0.39 is 0 Å². The lowest BCUT2D eigenvalue weighted by atomic mass is 9.99. The summed E-state index contributed by atoms with van der Waals surface area (Å²) in [5.41, 5.74) is 2.56. The molecule has 1 heterocycles. The average Bonchev–Trinajstić information content (AvgIpc) is 2.63. The second-order valence-electron chi connectivity index (χ2n) is 6.07. The molecular weight excluding hydrogens is 316 g/mol. The summed E-state index contributed by atoms with van der Waals surface area (Å²) in [6, 6.07) is 8.24. The predicted molar refractivity (Wildman–Crippen MR) is 102 cm³/mol. The van der Waals surface area contributed by atoms with E-state index in [1.54, 1.807) is 26.0 Å². The Balaban J connectivity index is 1.95. The highest BCUT2D eigenvalue weighted by Gasteiger charge is 2.17. The zero-order valence-electron chi connectivity index (χ0n) is 15.6. The molecule has 0 fully saturated rings. The number of nitrogens with zero attached hydrogens (tertiary/aromatic N) is 3. The first kappa shape index (κ1) is 18.8. The lowest BCUT2D eigenvalue weighted by Gasteiger charge is -2.30. The molecule has 0 unspecified atom stereocenters. The van der Waals surface area contributed by atoms with Crippen LogP contribution in [0.5, 0.6) is 5.75 Å². The molecule has 0 aromatic heterocycles. The number of amides is 1. The number of hydrogen-bond donors (Lipinski definition) is 1. The molecule has 0 saturated heterocycles. The van der Waals surface area contributed by atoms with Crippen molar-refractivity contribution >= 4 is 17.4 Å². The van der Waals surface area contributed by atoms with Gasteiger partial charge in [0.05, 0.1) is 13.2 Å². The van der Waals surface area contributed by atoms with Crippen LogP contribution in [0.4, 0.5) is 0 Å². The number of likely N-dealkylation sites (N-methyl/N-ethyl adjacent to an activating group) is 1. The number of aliphatic imine (C=N–C) groups is 1. The minimum atomic E-state index is 0.0313. The van der Waals surface area contributed by atoms with Crippen molar-refractivity contribution < 1.29 is 9.53 Å². The minimum Gasteiger partial charge on any atom is -0.494 e. The Morgan fingerprint density at radius 3 is 2.56 bits per heavy atom. The Hall–Kier alpha value is -2.50. The Bertz CT molecular complexity index is 635. The van der Waals surface area contributed by atoms with Gasteiger partial charge in [-0.25, -0.2) is 0 Å². The lowest BCUT2D eigenvalue weighted by Crippen LogP contribution is -2.46. The first-order valence-electron chi connectivity index (χ1n) is 8.63. The third-order valence-electron chi connectivity index (χ3n) is 4.15. The molecule has 1 N–H and O–H groups in total. The van der Waals surface area contributed by atoms with E-state index in [9.17, 15) is 4.79 Å². The monoisotopic (exact) mass is 344 g/mol. The molecule has 6 heteroatoms. The first-order valence-corrected chi connectivity index (χ1v) is 8.63. The second kappa shape index (κ2) is 9.11. The van der Waals surface area contributed by atoms with Gasteiger partial charge < -0.3 is 19.9 Å². The number of rotatable bonds is 5. The molecule has 1 aromatic rings. The maximum Gasteiger partial charge on any atom is 0.241 e. The van der Waals surface area contributed by atoms with Crippen molar-refractivity contribution in [3.05, 3.63) is 35.9 Å². The largest absolute Gasteiger partial charge is 0.494 e. The molecule has 1 aromatic carbocycles. The number of benzene rings is 1. The first-order chi connectivity index (χ1) is 12.0. The zero-order valence-corrected chi connectivity index (χ0v) is 15.6. The van der Waals surface area contributed by atoms with E-state index in [0.29, 0.717) is 6.61 Å². The molecule has 0 spiro atoms. The molecule has 25 heavy (non-hydrogen) atoms. The van der Waals surface area contributed by atoms with Crippen LogP contribution in [-0.4, -0.2) is 69.1 Å². The third kappa shape index (κ3) is 5.24. The molecule has 0 radical (unpaired) electrons. The van der Waals surface area contributed by atoms with Crippen LogP contribution in [0.25, 0.3) is 5.57 Å². The van der Waals surface area contributed by atoms with Crippen LogP contribution in [0.3, 0.4) is 0 Å². The van der Waals surface area contributed by atoms with Crippen molar-refractivity contribution in [2.45, 2.75) is 13.3 Å². The number of carbonyl (C=O) groups is 1. The molecule has 0 aliphatic carbocycles. The average molecular weight is 344 g/mol. The van der Waals surface area contributed by atoms with E-state index in [-0.39, 0.29) is 12.5 Å². The molecule has 1 aliphatic heterocycles. The summed E-state index contributed by atoms with van der Waals surface area (Å²) in [7, 11) is 5.24. The molecular formula is C19H28N4O2. The number of ether oxygens (including phenoxy) is 1. The Kier molecular flexibility index (Phi) is 6.86. The summed E-state index contributed by atoms with van der Waals surface area (Å²) in [5.74, 6) is 1.69. The van der Waals surface area contributed by atoms with Gasteiger partial charge in [-0.2, -0.15) is 0 Å². The van der Waals surface area contributed by atoms with Crippen molar-refractivity contribution in [2.24, 2.45) is 4.99 Å². The van der Waals surface area contributed by atoms with Crippen molar-refractivity contribution in [3.8, 4) is 5.75 Å². The van der Waals surface area contributed by atoms with Crippen LogP contribution in [0, 0.1) is 0 Å². The van der Waals surface area contributed by atoms with E-state index in [1.807, 2.05) is 19.1 Å². The summed E-state index contributed by atoms with van der Waals surface area (Å²) in [4.78, 5) is 19.7. The smallest absolute Gasteiger partial charge is 0.241 e. The van der Waals surface area contributed by atoms with Crippen LogP contribution in [-0.2, 0) is 4.79 Å². The van der Waals surface area contributed by atoms with E-state index in [1.165, 1.54) is 11.1 Å². The van der Waals surface area contributed by atoms with Crippen LogP contribution >= 0.6 is 0 Å². The fourth-order valence-corrected chi connectivity index (χ4v) is 2.70. The number of hydrogen-bond acceptors (Lipinski definition) is 3. The van der Waals surface area contributed by atoms with E-state index >= 15 is 0 Å². The Morgan fingerprint density at radius 2 is 2.04 bits per heavy atom. The van der Waals surface area contributed by atoms with Crippen LogP contribution < -0.4 is 10.1 Å². The normalized spacial score (nSPS) is 14.8. The van der Waals surface area contributed by atoms with E-state index in [0.717, 1.165) is 31.2 Å². The number of carbonyl (C=O) groups excluding carboxylic acids is 1. The van der Waals surface area contributed by atoms with Crippen LogP contribution in [0.2, 0.25) is 0 Å². The zero-order chi connectivity index (χ0) is 18.2. The van der Waals surface area contributed by atoms with Gasteiger partial charge in [0.15, 0.2) is 5.96 Å². The topological polar surface area (TPSA) is 57.2 Å². The molecule has 0 saturated carbocycles. The van der Waals surface area contributed by atoms with Gasteiger partial charge >= 0.3 is 0 Å². The van der Waals surface area contributed by atoms with Crippen LogP contribution in [0.1, 0.15) is 18.9 Å². The van der Waals surface area contributed by atoms with Crippen molar-refractivity contribution in [2.75, 3.05) is 47.4 Å². The Labute approximate surface area is 150 Å². The summed E-state index contributed by atoms with van der Waals surface area (Å²) >= 11 is 0. The quantitative estimate of drug-likeness (QED) is 0.654. The van der Waals surface area contributed by atoms with Crippen molar-refractivity contribution in [1.82, 2.24) is 15.1 Å². The Morgan fingerprint density at radius 1 is 1.32 bits per heavy atom. The van der Waals surface area contributed by atoms with Gasteiger partial charge in [0.1, 0.15) is 5.75 Å². The molecule has 0 bridgehead atoms. The van der Waals surface area contributed by atoms with Gasteiger partial charge in [0.2, 0.25) is 5.91 Å². The van der Waals surface area contributed by atoms with E-state index in [4.69, 9.17) is 4.74 Å². The molecule has 1 amide bonds. The fourth-order valence-electron chi connectivity index (χ4n) is 2.70. The molecule has 0 atom stereocenters. The highest BCUT2D eigenvalue weighted by molar-refractivity contribution is 5.87. The van der Waals surface area contributed by atoms with Crippen molar-refractivity contribution in [1.29, 1.82) is 0 Å². The summed E-state index contributed by atoms with van der Waals surface area (Å²) < 4.78 is 5.49. The van der Waals surface area contributed by atoms with Crippen molar-refractivity contribution in [3.63, 3.8) is 0 Å². The highest BCUT2D eigenvalue weighted by Crippen LogP contribution is 2.24. The molecule has 1 aliphatic rings. The SMILES string of the molecule is CCOc1ccc(C2=CCN(C(=NC)NCC(=O)N(C)C)CC2)cc1. The second-order valence-corrected chi connectivity index (χ2v) is 6.07. The standard InChI is InChI=1S/C19H28N4O2/c1-5-25-17-8-6-15(7-9-17)16-10-12-23(13-11-16)19(20-2)21-14-18(24)22(3)4/h6-10H,5,11-14H2,1-4H3,(H,20,21). The number of guanidine groups is 1. The summed E-state index contributed by atoms with van der Waals surface area (Å²) in [6.07, 6.45) is 3.16. The van der Waals surface area contributed by atoms with Gasteiger partial charge in [0.25, 0.3) is 0 Å². The number of nitrogens with one attached hydrogen (secondary N) is 1. The molecule has 6 nitrogen and oxygen atoms in total. The molecule has 2 rings (SSSR count). The summed E-state index contributed by atoms with van der Waals surface area (Å²) in [5, 5.41) is 3.14. The van der Waals surface area contributed by atoms with Gasteiger partial charge in [-0.15, -0.1) is 0 Å². The maximum absolute atomic E-state index is 11.7. The van der Waals surface area contributed by atoms with Crippen LogP contribution in [0.15, 0.2) is 35.3 Å². The minimum absolute atomic E-state index is 0.0313. The highest BCUT2D eigenvalue weighted by atomic mass is 16.5. The fraction of sp³-hybridized carbons (Fsp3) is 0.474. The summed E-state index contributed by atoms with van der Waals surface area (Å²) in [6.45, 7) is 4.57. The van der Waals surface area contributed by atoms with Gasteiger partial charge in [-0.05, 0) is 36.6 Å².